The first-order chi connectivity index (χ1) is 10.1. The lowest BCUT2D eigenvalue weighted by Crippen LogP contribution is -2.26. The minimum absolute atomic E-state index is 0.460. The first kappa shape index (κ1) is 13.8. The van der Waals surface area contributed by atoms with Gasteiger partial charge in [-0.05, 0) is 32.0 Å². The average Bonchev–Trinajstić information content (AvgIpc) is 2.84. The zero-order chi connectivity index (χ0) is 14.9. The van der Waals surface area contributed by atoms with Crippen LogP contribution < -0.4 is 0 Å². The summed E-state index contributed by atoms with van der Waals surface area (Å²) in [5.74, 6) is 0.896. The van der Waals surface area contributed by atoms with E-state index in [4.69, 9.17) is 0 Å². The number of benzene rings is 1. The standard InChI is InChI=1S/C17H19N3O/c1-3-20-15-9-5-4-8-14(15)19-16(20)11-17(2,21)13-7-6-10-18-12-13/h4-10,12,21H,3,11H2,1-2H3. The van der Waals surface area contributed by atoms with Crippen molar-refractivity contribution in [2.45, 2.75) is 32.4 Å². The van der Waals surface area contributed by atoms with E-state index in [1.807, 2.05) is 37.3 Å². The van der Waals surface area contributed by atoms with Gasteiger partial charge < -0.3 is 9.67 Å². The number of imidazole rings is 1. The number of aryl methyl sites for hydroxylation is 1. The quantitative estimate of drug-likeness (QED) is 0.800. The van der Waals surface area contributed by atoms with Crippen LogP contribution in [0.4, 0.5) is 0 Å². The maximum absolute atomic E-state index is 10.8. The van der Waals surface area contributed by atoms with Crippen molar-refractivity contribution in [1.29, 1.82) is 0 Å². The summed E-state index contributed by atoms with van der Waals surface area (Å²) in [6, 6.07) is 11.8. The molecule has 0 aliphatic heterocycles. The van der Waals surface area contributed by atoms with Gasteiger partial charge in [-0.2, -0.15) is 0 Å². The maximum atomic E-state index is 10.8. The Bertz CT molecular complexity index is 747. The van der Waals surface area contributed by atoms with Crippen molar-refractivity contribution >= 4 is 11.0 Å². The van der Waals surface area contributed by atoms with Crippen LogP contribution in [0.2, 0.25) is 0 Å². The van der Waals surface area contributed by atoms with Gasteiger partial charge in [0.25, 0.3) is 0 Å². The normalized spacial score (nSPS) is 14.2. The highest BCUT2D eigenvalue weighted by molar-refractivity contribution is 5.75. The summed E-state index contributed by atoms with van der Waals surface area (Å²) in [7, 11) is 0. The molecule has 0 bridgehead atoms. The van der Waals surface area contributed by atoms with E-state index in [0.717, 1.165) is 29.0 Å². The lowest BCUT2D eigenvalue weighted by molar-refractivity contribution is 0.0544. The highest BCUT2D eigenvalue weighted by Crippen LogP contribution is 2.26. The Morgan fingerprint density at radius 3 is 2.71 bits per heavy atom. The van der Waals surface area contributed by atoms with Crippen LogP contribution >= 0.6 is 0 Å². The topological polar surface area (TPSA) is 50.9 Å². The van der Waals surface area contributed by atoms with E-state index in [0.29, 0.717) is 6.42 Å². The second-order valence-corrected chi connectivity index (χ2v) is 5.45. The number of aromatic nitrogens is 3. The number of hydrogen-bond donors (Lipinski definition) is 1. The zero-order valence-electron chi connectivity index (χ0n) is 12.3. The van der Waals surface area contributed by atoms with Crippen LogP contribution in [-0.2, 0) is 18.6 Å². The van der Waals surface area contributed by atoms with Crippen LogP contribution in [0.25, 0.3) is 11.0 Å². The van der Waals surface area contributed by atoms with Gasteiger partial charge in [-0.15, -0.1) is 0 Å². The highest BCUT2D eigenvalue weighted by Gasteiger charge is 2.26. The Kier molecular flexibility index (Phi) is 3.47. The number of fused-ring (bicyclic) bond motifs is 1. The van der Waals surface area contributed by atoms with Gasteiger partial charge in [0.2, 0.25) is 0 Å². The number of pyridine rings is 1. The molecule has 1 atom stereocenters. The Morgan fingerprint density at radius 2 is 2.00 bits per heavy atom. The summed E-state index contributed by atoms with van der Waals surface area (Å²) in [5.41, 5.74) is 1.90. The number of rotatable bonds is 4. The van der Waals surface area contributed by atoms with Gasteiger partial charge in [0, 0.05) is 30.9 Å². The monoisotopic (exact) mass is 281 g/mol. The molecule has 0 radical (unpaired) electrons. The van der Waals surface area contributed by atoms with Crippen LogP contribution in [-0.4, -0.2) is 19.6 Å². The molecule has 1 unspecified atom stereocenters. The first-order valence-corrected chi connectivity index (χ1v) is 7.19. The average molecular weight is 281 g/mol. The van der Waals surface area contributed by atoms with Crippen molar-refractivity contribution in [2.24, 2.45) is 0 Å². The third kappa shape index (κ3) is 2.54. The van der Waals surface area contributed by atoms with Gasteiger partial charge in [-0.25, -0.2) is 4.98 Å². The molecule has 4 heteroatoms. The number of hydrogen-bond acceptors (Lipinski definition) is 3. The van der Waals surface area contributed by atoms with E-state index in [9.17, 15) is 5.11 Å². The molecule has 0 amide bonds. The number of para-hydroxylation sites is 2. The largest absolute Gasteiger partial charge is 0.385 e. The fraction of sp³-hybridized carbons (Fsp3) is 0.294. The van der Waals surface area contributed by atoms with E-state index < -0.39 is 5.60 Å². The summed E-state index contributed by atoms with van der Waals surface area (Å²) in [6.07, 6.45) is 3.88. The first-order valence-electron chi connectivity index (χ1n) is 7.19. The van der Waals surface area contributed by atoms with Crippen LogP contribution in [0.1, 0.15) is 25.2 Å². The SMILES string of the molecule is CCn1c(CC(C)(O)c2cccnc2)nc2ccccc21. The molecule has 1 N–H and O–H groups in total. The van der Waals surface area contributed by atoms with Crippen LogP contribution in [0.15, 0.2) is 48.8 Å². The molecule has 1 aromatic carbocycles. The molecule has 2 aromatic heterocycles. The second kappa shape index (κ2) is 5.30. The van der Waals surface area contributed by atoms with Crippen LogP contribution in [0, 0.1) is 0 Å². The molecule has 21 heavy (non-hydrogen) atoms. The minimum atomic E-state index is -0.984. The van der Waals surface area contributed by atoms with Gasteiger partial charge in [-0.3, -0.25) is 4.98 Å². The molecule has 3 rings (SSSR count). The smallest absolute Gasteiger partial charge is 0.113 e. The van der Waals surface area contributed by atoms with E-state index in [-0.39, 0.29) is 0 Å². The lowest BCUT2D eigenvalue weighted by Gasteiger charge is -2.23. The summed E-state index contributed by atoms with van der Waals surface area (Å²) in [4.78, 5) is 8.77. The lowest BCUT2D eigenvalue weighted by atomic mass is 9.93. The molecule has 0 saturated heterocycles. The Morgan fingerprint density at radius 1 is 1.19 bits per heavy atom. The van der Waals surface area contributed by atoms with Crippen LogP contribution in [0.3, 0.4) is 0 Å². The molecule has 0 aliphatic rings. The molecule has 0 aliphatic carbocycles. The maximum Gasteiger partial charge on any atom is 0.113 e. The van der Waals surface area contributed by atoms with Crippen molar-refractivity contribution in [2.75, 3.05) is 0 Å². The Balaban J connectivity index is 2.01. The molecule has 0 saturated carbocycles. The molecule has 2 heterocycles. The van der Waals surface area contributed by atoms with E-state index >= 15 is 0 Å². The van der Waals surface area contributed by atoms with Gasteiger partial charge in [0.05, 0.1) is 16.6 Å². The minimum Gasteiger partial charge on any atom is -0.385 e. The summed E-state index contributed by atoms with van der Waals surface area (Å²) in [5, 5.41) is 10.8. The molecule has 0 spiro atoms. The molecular weight excluding hydrogens is 262 g/mol. The fourth-order valence-corrected chi connectivity index (χ4v) is 2.70. The molecular formula is C17H19N3O. The zero-order valence-corrected chi connectivity index (χ0v) is 12.3. The van der Waals surface area contributed by atoms with Crippen LogP contribution in [0.5, 0.6) is 0 Å². The second-order valence-electron chi connectivity index (χ2n) is 5.45. The third-order valence-corrected chi connectivity index (χ3v) is 3.84. The summed E-state index contributed by atoms with van der Waals surface area (Å²) in [6.45, 7) is 4.73. The van der Waals surface area contributed by atoms with Crippen molar-refractivity contribution in [1.82, 2.24) is 14.5 Å². The van der Waals surface area contributed by atoms with E-state index in [1.54, 1.807) is 12.4 Å². The Hall–Kier alpha value is -2.20. The molecule has 108 valence electrons. The van der Waals surface area contributed by atoms with Crippen molar-refractivity contribution in [3.05, 3.63) is 60.2 Å². The van der Waals surface area contributed by atoms with Crippen molar-refractivity contribution in [3.63, 3.8) is 0 Å². The predicted octanol–water partition coefficient (Wildman–Crippen LogP) is 2.90. The van der Waals surface area contributed by atoms with Gasteiger partial charge in [0.1, 0.15) is 5.82 Å². The molecule has 4 nitrogen and oxygen atoms in total. The van der Waals surface area contributed by atoms with Gasteiger partial charge >= 0.3 is 0 Å². The van der Waals surface area contributed by atoms with E-state index in [1.165, 1.54) is 0 Å². The van der Waals surface area contributed by atoms with Crippen molar-refractivity contribution < 1.29 is 5.11 Å². The Labute approximate surface area is 124 Å². The molecule has 0 fully saturated rings. The fourth-order valence-electron chi connectivity index (χ4n) is 2.70. The van der Waals surface area contributed by atoms with Gasteiger partial charge in [-0.1, -0.05) is 18.2 Å². The third-order valence-electron chi connectivity index (χ3n) is 3.84. The predicted molar refractivity (Wildman–Crippen MR) is 82.9 cm³/mol. The summed E-state index contributed by atoms with van der Waals surface area (Å²) < 4.78 is 2.15. The molecule has 3 aromatic rings. The van der Waals surface area contributed by atoms with E-state index in [2.05, 4.69) is 27.5 Å². The summed E-state index contributed by atoms with van der Waals surface area (Å²) >= 11 is 0. The number of aliphatic hydroxyl groups is 1. The highest BCUT2D eigenvalue weighted by atomic mass is 16.3. The van der Waals surface area contributed by atoms with Gasteiger partial charge in [0.15, 0.2) is 0 Å². The number of nitrogens with zero attached hydrogens (tertiary/aromatic N) is 3. The van der Waals surface area contributed by atoms with Crippen molar-refractivity contribution in [3.8, 4) is 0 Å².